The summed E-state index contributed by atoms with van der Waals surface area (Å²) < 4.78 is 48.2. The number of nitrogens with one attached hydrogen (secondary N) is 3. The van der Waals surface area contributed by atoms with E-state index in [1.807, 2.05) is 41.5 Å². The lowest BCUT2D eigenvalue weighted by molar-refractivity contribution is 0.0933. The van der Waals surface area contributed by atoms with Gasteiger partial charge in [0.2, 0.25) is 10.0 Å². The van der Waals surface area contributed by atoms with Crippen molar-refractivity contribution in [1.82, 2.24) is 20.3 Å². The van der Waals surface area contributed by atoms with Crippen LogP contribution in [0.5, 0.6) is 5.75 Å². The van der Waals surface area contributed by atoms with Crippen molar-refractivity contribution in [3.05, 3.63) is 58.7 Å². The molecule has 2 amide bonds. The van der Waals surface area contributed by atoms with Crippen molar-refractivity contribution in [3.63, 3.8) is 0 Å². The molecule has 1 heterocycles. The van der Waals surface area contributed by atoms with Crippen molar-refractivity contribution in [2.45, 2.75) is 53.9 Å². The molecule has 222 valence electrons. The van der Waals surface area contributed by atoms with E-state index in [-0.39, 0.29) is 45.0 Å². The molecule has 0 saturated carbocycles. The monoisotopic (exact) mass is 588 g/mol. The summed E-state index contributed by atoms with van der Waals surface area (Å²) in [5.74, 6) is -1.69. The van der Waals surface area contributed by atoms with Gasteiger partial charge in [-0.15, -0.1) is 5.10 Å². The predicted octanol–water partition coefficient (Wildman–Crippen LogP) is 4.42. The third kappa shape index (κ3) is 8.03. The zero-order valence-corrected chi connectivity index (χ0v) is 25.6. The minimum Gasteiger partial charge on any atom is -0.492 e. The molecule has 0 bridgehead atoms. The van der Waals surface area contributed by atoms with Crippen LogP contribution < -0.4 is 20.1 Å². The molecular formula is C28H37FN6O5S. The molecule has 0 aliphatic heterocycles. The van der Waals surface area contributed by atoms with Crippen LogP contribution in [0.15, 0.2) is 30.5 Å². The summed E-state index contributed by atoms with van der Waals surface area (Å²) in [6.45, 7) is 13.7. The summed E-state index contributed by atoms with van der Waals surface area (Å²) in [4.78, 5) is 25.9. The number of ether oxygens (including phenoxy) is 1. The van der Waals surface area contributed by atoms with Crippen LogP contribution in [0.25, 0.3) is 5.69 Å². The molecule has 3 N–H and O–H groups in total. The molecule has 13 heteroatoms. The number of carbonyl (C=O) groups is 2. The van der Waals surface area contributed by atoms with Gasteiger partial charge >= 0.3 is 0 Å². The molecule has 0 aliphatic carbocycles. The topological polar surface area (TPSA) is 144 Å². The van der Waals surface area contributed by atoms with Crippen LogP contribution in [0, 0.1) is 18.2 Å². The van der Waals surface area contributed by atoms with Gasteiger partial charge in [-0.25, -0.2) is 17.5 Å². The van der Waals surface area contributed by atoms with E-state index in [9.17, 15) is 18.0 Å². The average molecular weight is 589 g/mol. The number of benzene rings is 2. The third-order valence-electron chi connectivity index (χ3n) is 6.03. The highest BCUT2D eigenvalue weighted by atomic mass is 32.2. The SMILES string of the molecule is COc1c(NC(=O)c2cc(F)c(C)c(-n3cc(C(=O)NCC(C)(C)C)nn3)c2)cc(C(C)(C)C)cc1NS(C)(=O)=O. The number of nitrogens with zero attached hydrogens (tertiary/aromatic N) is 3. The van der Waals surface area contributed by atoms with Gasteiger partial charge in [-0.2, -0.15) is 0 Å². The Hall–Kier alpha value is -4.00. The number of aromatic nitrogens is 3. The van der Waals surface area contributed by atoms with Crippen molar-refractivity contribution < 1.29 is 27.1 Å². The molecule has 41 heavy (non-hydrogen) atoms. The second-order valence-electron chi connectivity index (χ2n) is 12.1. The molecule has 0 saturated heterocycles. The maximum Gasteiger partial charge on any atom is 0.273 e. The van der Waals surface area contributed by atoms with Crippen LogP contribution in [0.4, 0.5) is 15.8 Å². The van der Waals surface area contributed by atoms with Gasteiger partial charge in [0.25, 0.3) is 11.8 Å². The molecule has 0 unspecified atom stereocenters. The molecule has 1 aromatic heterocycles. The van der Waals surface area contributed by atoms with Gasteiger partial charge in [0.05, 0.1) is 36.6 Å². The Morgan fingerprint density at radius 2 is 1.66 bits per heavy atom. The van der Waals surface area contributed by atoms with E-state index in [1.54, 1.807) is 12.1 Å². The van der Waals surface area contributed by atoms with Gasteiger partial charge in [0, 0.05) is 17.7 Å². The molecule has 0 aliphatic rings. The number of anilines is 2. The molecule has 0 atom stereocenters. The van der Waals surface area contributed by atoms with Crippen LogP contribution in [0.1, 0.15) is 73.5 Å². The predicted molar refractivity (Wildman–Crippen MR) is 156 cm³/mol. The lowest BCUT2D eigenvalue weighted by atomic mass is 9.86. The lowest BCUT2D eigenvalue weighted by Crippen LogP contribution is -2.32. The number of methoxy groups -OCH3 is 1. The molecule has 3 aromatic rings. The lowest BCUT2D eigenvalue weighted by Gasteiger charge is -2.24. The Kier molecular flexibility index (Phi) is 8.82. The normalized spacial score (nSPS) is 12.1. The first kappa shape index (κ1) is 31.5. The summed E-state index contributed by atoms with van der Waals surface area (Å²) >= 11 is 0. The first-order chi connectivity index (χ1) is 18.8. The summed E-state index contributed by atoms with van der Waals surface area (Å²) in [5, 5.41) is 13.4. The Morgan fingerprint density at radius 1 is 1.02 bits per heavy atom. The van der Waals surface area contributed by atoms with E-state index in [1.165, 1.54) is 31.0 Å². The number of carbonyl (C=O) groups excluding carboxylic acids is 2. The van der Waals surface area contributed by atoms with E-state index in [0.717, 1.165) is 17.9 Å². The van der Waals surface area contributed by atoms with Crippen molar-refractivity contribution in [2.24, 2.45) is 5.41 Å². The number of hydrogen-bond acceptors (Lipinski definition) is 7. The fourth-order valence-corrected chi connectivity index (χ4v) is 4.35. The fraction of sp³-hybridized carbons (Fsp3) is 0.429. The Labute approximate surface area is 239 Å². The van der Waals surface area contributed by atoms with E-state index in [2.05, 4.69) is 25.7 Å². The highest BCUT2D eigenvalue weighted by Gasteiger charge is 2.24. The average Bonchev–Trinajstić information content (AvgIpc) is 3.32. The van der Waals surface area contributed by atoms with Crippen molar-refractivity contribution >= 4 is 33.2 Å². The molecule has 0 fully saturated rings. The summed E-state index contributed by atoms with van der Waals surface area (Å²) in [5.41, 5.74) is 0.918. The molecular weight excluding hydrogens is 551 g/mol. The zero-order chi connectivity index (χ0) is 30.9. The largest absolute Gasteiger partial charge is 0.492 e. The van der Waals surface area contributed by atoms with E-state index >= 15 is 4.39 Å². The fourth-order valence-electron chi connectivity index (χ4n) is 3.80. The highest BCUT2D eigenvalue weighted by Crippen LogP contribution is 2.39. The number of hydrogen-bond donors (Lipinski definition) is 3. The smallest absolute Gasteiger partial charge is 0.273 e. The second-order valence-corrected chi connectivity index (χ2v) is 13.8. The summed E-state index contributed by atoms with van der Waals surface area (Å²) in [7, 11) is -2.32. The molecule has 2 aromatic carbocycles. The third-order valence-corrected chi connectivity index (χ3v) is 6.62. The van der Waals surface area contributed by atoms with Crippen molar-refractivity contribution in [2.75, 3.05) is 29.9 Å². The minimum atomic E-state index is -3.67. The molecule has 3 rings (SSSR count). The second kappa shape index (κ2) is 11.5. The van der Waals surface area contributed by atoms with Gasteiger partial charge in [-0.3, -0.25) is 14.3 Å². The van der Waals surface area contributed by atoms with Crippen molar-refractivity contribution in [3.8, 4) is 11.4 Å². The Morgan fingerprint density at radius 3 is 2.22 bits per heavy atom. The minimum absolute atomic E-state index is 0.0403. The van der Waals surface area contributed by atoms with Crippen molar-refractivity contribution in [1.29, 1.82) is 0 Å². The van der Waals surface area contributed by atoms with Gasteiger partial charge in [-0.1, -0.05) is 46.8 Å². The van der Waals surface area contributed by atoms with Crippen LogP contribution in [0.2, 0.25) is 0 Å². The van der Waals surface area contributed by atoms with Crippen LogP contribution in [-0.4, -0.2) is 55.1 Å². The first-order valence-electron chi connectivity index (χ1n) is 12.8. The van der Waals surface area contributed by atoms with E-state index in [4.69, 9.17) is 4.74 Å². The van der Waals surface area contributed by atoms with Gasteiger partial charge < -0.3 is 15.4 Å². The van der Waals surface area contributed by atoms with Gasteiger partial charge in [-0.05, 0) is 47.6 Å². The van der Waals surface area contributed by atoms with Gasteiger partial charge in [0.1, 0.15) is 5.82 Å². The van der Waals surface area contributed by atoms with Crippen LogP contribution in [-0.2, 0) is 15.4 Å². The van der Waals surface area contributed by atoms with Crippen LogP contribution in [0.3, 0.4) is 0 Å². The summed E-state index contributed by atoms with van der Waals surface area (Å²) in [6.07, 6.45) is 2.37. The maximum atomic E-state index is 15.0. The first-order valence-corrected chi connectivity index (χ1v) is 14.7. The summed E-state index contributed by atoms with van der Waals surface area (Å²) in [6, 6.07) is 5.82. The number of sulfonamides is 1. The molecule has 0 spiro atoms. The molecule has 11 nitrogen and oxygen atoms in total. The molecule has 0 radical (unpaired) electrons. The number of halogens is 1. The van der Waals surface area contributed by atoms with E-state index < -0.39 is 33.1 Å². The van der Waals surface area contributed by atoms with Gasteiger partial charge in [0.15, 0.2) is 11.4 Å². The van der Waals surface area contributed by atoms with Crippen LogP contribution >= 0.6 is 0 Å². The maximum absolute atomic E-state index is 15.0. The number of rotatable bonds is 8. The quantitative estimate of drug-likeness (QED) is 0.353. The number of amides is 2. The highest BCUT2D eigenvalue weighted by molar-refractivity contribution is 7.92. The Bertz CT molecular complexity index is 1590. The van der Waals surface area contributed by atoms with E-state index in [0.29, 0.717) is 6.54 Å². The standard InChI is InChI=1S/C28H37FN6O5S/c1-16-19(29)10-17(11-23(16)35-14-22(32-34-35)26(37)30-15-27(2,3)4)25(36)31-20-12-18(28(5,6)7)13-21(24(20)40-8)33-41(9,38)39/h10-14,33H,15H2,1-9H3,(H,30,37)(H,31,36). The zero-order valence-electron chi connectivity index (χ0n) is 24.8. The Balaban J connectivity index is 2.00.